The molecule has 0 bridgehead atoms. The van der Waals surface area contributed by atoms with Crippen LogP contribution in [0, 0.1) is 0 Å². The largest absolute Gasteiger partial charge is 0.496 e. The van der Waals surface area contributed by atoms with Crippen LogP contribution in [0.4, 0.5) is 4.79 Å². The van der Waals surface area contributed by atoms with Crippen LogP contribution in [0.25, 0.3) is 0 Å². The van der Waals surface area contributed by atoms with Crippen LogP contribution in [-0.4, -0.2) is 70.4 Å². The first-order valence-corrected chi connectivity index (χ1v) is 9.90. The number of carbonyl (C=O) groups is 1. The van der Waals surface area contributed by atoms with Crippen molar-refractivity contribution in [3.8, 4) is 17.2 Å². The number of hydrogen-bond donors (Lipinski definition) is 3. The number of benzene rings is 1. The van der Waals surface area contributed by atoms with Gasteiger partial charge < -0.3 is 35.5 Å². The molecule has 2 rings (SSSR count). The minimum absolute atomic E-state index is 0.258. The molecule has 1 fully saturated rings. The molecule has 1 heterocycles. The first kappa shape index (κ1) is 22.4. The summed E-state index contributed by atoms with van der Waals surface area (Å²) in [5.74, 6) is 2.88. The molecule has 4 N–H and O–H groups in total. The number of primary amides is 1. The van der Waals surface area contributed by atoms with Crippen molar-refractivity contribution in [3.63, 3.8) is 0 Å². The number of amides is 2. The number of aliphatic imine (C=N–C) groups is 1. The Hall–Kier alpha value is -2.84. The number of likely N-dealkylation sites (tertiary alicyclic amines) is 1. The van der Waals surface area contributed by atoms with Crippen molar-refractivity contribution >= 4 is 12.0 Å². The average Bonchev–Trinajstić information content (AvgIpc) is 2.73. The maximum absolute atomic E-state index is 11.3. The Balaban J connectivity index is 2.01. The first-order valence-electron chi connectivity index (χ1n) is 9.90. The molecule has 2 amide bonds. The Bertz CT molecular complexity index is 677. The van der Waals surface area contributed by atoms with Gasteiger partial charge in [0.2, 0.25) is 0 Å². The van der Waals surface area contributed by atoms with E-state index in [-0.39, 0.29) is 12.1 Å². The van der Waals surface area contributed by atoms with Crippen LogP contribution in [-0.2, 0) is 6.42 Å². The predicted octanol–water partition coefficient (Wildman–Crippen LogP) is 1.35. The SMILES string of the molecule is CCNC(=NCCc1c(OC)cc(OC)cc1OC)NC1CCN(C(N)=O)CC1. The molecule has 1 aliphatic heterocycles. The number of hydrogen-bond acceptors (Lipinski definition) is 5. The predicted molar refractivity (Wildman–Crippen MR) is 113 cm³/mol. The fourth-order valence-electron chi connectivity index (χ4n) is 3.36. The number of urea groups is 1. The van der Waals surface area contributed by atoms with E-state index in [1.807, 2.05) is 19.1 Å². The van der Waals surface area contributed by atoms with Crippen molar-refractivity contribution < 1.29 is 19.0 Å². The van der Waals surface area contributed by atoms with Crippen molar-refractivity contribution in [1.82, 2.24) is 15.5 Å². The minimum atomic E-state index is -0.355. The number of piperidine rings is 1. The summed E-state index contributed by atoms with van der Waals surface area (Å²) in [6.07, 6.45) is 2.34. The number of nitrogens with zero attached hydrogens (tertiary/aromatic N) is 2. The summed E-state index contributed by atoms with van der Waals surface area (Å²) in [6.45, 7) is 4.68. The fourth-order valence-corrected chi connectivity index (χ4v) is 3.36. The molecular formula is C20H33N5O4. The number of carbonyl (C=O) groups excluding carboxylic acids is 1. The molecule has 162 valence electrons. The van der Waals surface area contributed by atoms with Crippen LogP contribution in [0.2, 0.25) is 0 Å². The third-order valence-electron chi connectivity index (χ3n) is 4.94. The van der Waals surface area contributed by atoms with Crippen LogP contribution in [0.5, 0.6) is 17.2 Å². The number of guanidine groups is 1. The average molecular weight is 408 g/mol. The van der Waals surface area contributed by atoms with Gasteiger partial charge >= 0.3 is 6.03 Å². The lowest BCUT2D eigenvalue weighted by molar-refractivity contribution is 0.188. The zero-order chi connectivity index (χ0) is 21.2. The Morgan fingerprint density at radius 2 is 1.79 bits per heavy atom. The second-order valence-electron chi connectivity index (χ2n) is 6.77. The van der Waals surface area contributed by atoms with E-state index < -0.39 is 0 Å². The minimum Gasteiger partial charge on any atom is -0.496 e. The Kier molecular flexibility index (Phi) is 8.69. The number of nitrogens with two attached hydrogens (primary N) is 1. The number of rotatable bonds is 8. The maximum Gasteiger partial charge on any atom is 0.314 e. The lowest BCUT2D eigenvalue weighted by Crippen LogP contribution is -2.50. The summed E-state index contributed by atoms with van der Waals surface area (Å²) in [5.41, 5.74) is 6.30. The quantitative estimate of drug-likeness (QED) is 0.443. The van der Waals surface area contributed by atoms with Gasteiger partial charge in [-0.15, -0.1) is 0 Å². The third kappa shape index (κ3) is 6.33. The lowest BCUT2D eigenvalue weighted by atomic mass is 10.1. The molecule has 29 heavy (non-hydrogen) atoms. The van der Waals surface area contributed by atoms with Gasteiger partial charge in [-0.05, 0) is 26.2 Å². The fraction of sp³-hybridized carbons (Fsp3) is 0.600. The molecule has 1 saturated heterocycles. The van der Waals surface area contributed by atoms with E-state index in [4.69, 9.17) is 24.9 Å². The summed E-state index contributed by atoms with van der Waals surface area (Å²) in [7, 11) is 4.87. The second-order valence-corrected chi connectivity index (χ2v) is 6.77. The highest BCUT2D eigenvalue weighted by molar-refractivity contribution is 5.80. The van der Waals surface area contributed by atoms with Gasteiger partial charge in [-0.1, -0.05) is 0 Å². The molecule has 0 aliphatic carbocycles. The van der Waals surface area contributed by atoms with Gasteiger partial charge in [0, 0.05) is 49.9 Å². The second kappa shape index (κ2) is 11.2. The normalized spacial score (nSPS) is 15.0. The molecule has 0 atom stereocenters. The Morgan fingerprint density at radius 3 is 2.28 bits per heavy atom. The Labute approximate surface area is 172 Å². The summed E-state index contributed by atoms with van der Waals surface area (Å²) < 4.78 is 16.3. The van der Waals surface area contributed by atoms with Gasteiger partial charge in [-0.3, -0.25) is 4.99 Å². The molecule has 1 aromatic carbocycles. The van der Waals surface area contributed by atoms with Crippen LogP contribution < -0.4 is 30.6 Å². The van der Waals surface area contributed by atoms with E-state index in [9.17, 15) is 4.79 Å². The number of ether oxygens (including phenoxy) is 3. The summed E-state index contributed by atoms with van der Waals surface area (Å²) >= 11 is 0. The van der Waals surface area contributed by atoms with Crippen LogP contribution >= 0.6 is 0 Å². The first-order chi connectivity index (χ1) is 14.0. The van der Waals surface area contributed by atoms with Crippen molar-refractivity contribution in [1.29, 1.82) is 0 Å². The smallest absolute Gasteiger partial charge is 0.314 e. The van der Waals surface area contributed by atoms with Gasteiger partial charge in [0.1, 0.15) is 17.2 Å². The van der Waals surface area contributed by atoms with Crippen molar-refractivity contribution in [2.75, 3.05) is 47.5 Å². The summed E-state index contributed by atoms with van der Waals surface area (Å²) in [4.78, 5) is 17.6. The monoisotopic (exact) mass is 407 g/mol. The zero-order valence-corrected chi connectivity index (χ0v) is 17.8. The molecule has 0 aromatic heterocycles. The zero-order valence-electron chi connectivity index (χ0n) is 17.8. The topological polar surface area (TPSA) is 110 Å². The highest BCUT2D eigenvalue weighted by Gasteiger charge is 2.21. The highest BCUT2D eigenvalue weighted by atomic mass is 16.5. The van der Waals surface area contributed by atoms with Gasteiger partial charge in [0.05, 0.1) is 21.3 Å². The maximum atomic E-state index is 11.3. The molecule has 1 aliphatic rings. The van der Waals surface area contributed by atoms with Crippen LogP contribution in [0.3, 0.4) is 0 Å². The standard InChI is InChI=1S/C20H33N5O4/c1-5-22-20(24-14-7-10-25(11-8-14)19(21)26)23-9-6-16-17(28-3)12-15(27-2)13-18(16)29-4/h12-14H,5-11H2,1-4H3,(H2,21,26)(H2,22,23,24). The van der Waals surface area contributed by atoms with Gasteiger partial charge in [-0.25, -0.2) is 4.79 Å². The van der Waals surface area contributed by atoms with Crippen molar-refractivity contribution in [2.45, 2.75) is 32.2 Å². The number of methoxy groups -OCH3 is 3. The summed E-state index contributed by atoms with van der Waals surface area (Å²) in [6, 6.07) is 3.59. The van der Waals surface area contributed by atoms with E-state index in [0.29, 0.717) is 43.3 Å². The molecule has 9 nitrogen and oxygen atoms in total. The number of nitrogens with one attached hydrogen (secondary N) is 2. The van der Waals surface area contributed by atoms with Crippen molar-refractivity contribution in [2.24, 2.45) is 10.7 Å². The van der Waals surface area contributed by atoms with E-state index in [1.165, 1.54) is 0 Å². The Morgan fingerprint density at radius 1 is 1.17 bits per heavy atom. The molecule has 0 saturated carbocycles. The molecule has 0 radical (unpaired) electrons. The van der Waals surface area contributed by atoms with Gasteiger partial charge in [0.25, 0.3) is 0 Å². The molecule has 0 unspecified atom stereocenters. The van der Waals surface area contributed by atoms with Crippen molar-refractivity contribution in [3.05, 3.63) is 17.7 Å². The molecule has 9 heteroatoms. The van der Waals surface area contributed by atoms with Gasteiger partial charge in [0.15, 0.2) is 5.96 Å². The van der Waals surface area contributed by atoms with Crippen LogP contribution in [0.15, 0.2) is 17.1 Å². The molecule has 1 aromatic rings. The molecule has 0 spiro atoms. The van der Waals surface area contributed by atoms with E-state index in [2.05, 4.69) is 10.6 Å². The summed E-state index contributed by atoms with van der Waals surface area (Å²) in [5, 5.41) is 6.73. The lowest BCUT2D eigenvalue weighted by Gasteiger charge is -2.32. The van der Waals surface area contributed by atoms with E-state index in [1.54, 1.807) is 26.2 Å². The third-order valence-corrected chi connectivity index (χ3v) is 4.94. The van der Waals surface area contributed by atoms with Gasteiger partial charge in [-0.2, -0.15) is 0 Å². The molecular weight excluding hydrogens is 374 g/mol. The van der Waals surface area contributed by atoms with Crippen LogP contribution in [0.1, 0.15) is 25.3 Å². The highest BCUT2D eigenvalue weighted by Crippen LogP contribution is 2.34. The van der Waals surface area contributed by atoms with E-state index >= 15 is 0 Å². The van der Waals surface area contributed by atoms with E-state index in [0.717, 1.165) is 30.9 Å².